The summed E-state index contributed by atoms with van der Waals surface area (Å²) < 4.78 is 43.9. The molecule has 0 unspecified atom stereocenters. The highest BCUT2D eigenvalue weighted by Gasteiger charge is 2.39. The van der Waals surface area contributed by atoms with Crippen LogP contribution < -0.4 is 0 Å². The van der Waals surface area contributed by atoms with Gasteiger partial charge >= 0.3 is 12.3 Å². The molecule has 0 radical (unpaired) electrons. The van der Waals surface area contributed by atoms with E-state index >= 15 is 0 Å². The summed E-state index contributed by atoms with van der Waals surface area (Å²) in [5.74, 6) is 0. The molecule has 1 amide bonds. The fourth-order valence-electron chi connectivity index (χ4n) is 2.74. The molecule has 24 heavy (non-hydrogen) atoms. The Balaban J connectivity index is 2.22. The minimum Gasteiger partial charge on any atom is -0.444 e. The van der Waals surface area contributed by atoms with Gasteiger partial charge in [-0.25, -0.2) is 4.79 Å². The molecule has 0 aliphatic carbocycles. The van der Waals surface area contributed by atoms with Crippen molar-refractivity contribution in [3.05, 3.63) is 35.4 Å². The Bertz CT molecular complexity index is 610. The fraction of sp³-hybridized carbons (Fsp3) is 0.588. The number of halogens is 3. The van der Waals surface area contributed by atoms with E-state index in [4.69, 9.17) is 4.74 Å². The van der Waals surface area contributed by atoms with Crippen LogP contribution in [0.2, 0.25) is 0 Å². The number of nitrogens with zero attached hydrogens (tertiary/aromatic N) is 1. The number of rotatable bonds is 1. The molecule has 1 aromatic carbocycles. The molecule has 1 fully saturated rings. The number of hydrogen-bond acceptors (Lipinski definition) is 3. The van der Waals surface area contributed by atoms with E-state index in [0.29, 0.717) is 13.0 Å². The van der Waals surface area contributed by atoms with Gasteiger partial charge in [0.05, 0.1) is 12.1 Å². The molecule has 7 heteroatoms. The quantitative estimate of drug-likeness (QED) is 0.839. The Morgan fingerprint density at radius 1 is 1.29 bits per heavy atom. The molecule has 0 spiro atoms. The molecule has 134 valence electrons. The molecule has 1 heterocycles. The maximum absolute atomic E-state index is 12.9. The summed E-state index contributed by atoms with van der Waals surface area (Å²) in [5, 5.41) is 10.8. The van der Waals surface area contributed by atoms with Gasteiger partial charge in [-0.05, 0) is 51.3 Å². The first-order valence-corrected chi connectivity index (χ1v) is 7.79. The number of ether oxygens (including phenoxy) is 1. The van der Waals surface area contributed by atoms with Crippen molar-refractivity contribution in [2.24, 2.45) is 0 Å². The topological polar surface area (TPSA) is 49.8 Å². The predicted octanol–water partition coefficient (Wildman–Crippen LogP) is 3.92. The third-order valence-electron chi connectivity index (χ3n) is 3.85. The fourth-order valence-corrected chi connectivity index (χ4v) is 2.74. The van der Waals surface area contributed by atoms with Crippen LogP contribution in [-0.2, 0) is 16.5 Å². The van der Waals surface area contributed by atoms with Crippen LogP contribution in [0.25, 0.3) is 0 Å². The van der Waals surface area contributed by atoms with Gasteiger partial charge < -0.3 is 14.7 Å². The Labute approximate surface area is 139 Å². The molecule has 1 saturated heterocycles. The van der Waals surface area contributed by atoms with Gasteiger partial charge in [-0.2, -0.15) is 13.2 Å². The van der Waals surface area contributed by atoms with Crippen LogP contribution in [0, 0.1) is 0 Å². The number of amides is 1. The van der Waals surface area contributed by atoms with Crippen LogP contribution in [0.3, 0.4) is 0 Å². The van der Waals surface area contributed by atoms with E-state index in [9.17, 15) is 23.1 Å². The van der Waals surface area contributed by atoms with E-state index < -0.39 is 29.0 Å². The first-order valence-electron chi connectivity index (χ1n) is 7.79. The van der Waals surface area contributed by atoms with Crippen LogP contribution in [0.1, 0.15) is 44.7 Å². The number of piperidine rings is 1. The van der Waals surface area contributed by atoms with Crippen LogP contribution in [0.15, 0.2) is 24.3 Å². The number of carbonyl (C=O) groups excluding carboxylic acids is 1. The summed E-state index contributed by atoms with van der Waals surface area (Å²) in [5.41, 5.74) is -2.85. The Morgan fingerprint density at radius 3 is 2.54 bits per heavy atom. The molecule has 0 aromatic heterocycles. The van der Waals surface area contributed by atoms with Gasteiger partial charge in [0.1, 0.15) is 11.2 Å². The zero-order valence-corrected chi connectivity index (χ0v) is 14.0. The van der Waals surface area contributed by atoms with Gasteiger partial charge in [-0.15, -0.1) is 0 Å². The van der Waals surface area contributed by atoms with Gasteiger partial charge in [-0.3, -0.25) is 0 Å². The maximum Gasteiger partial charge on any atom is 0.416 e. The van der Waals surface area contributed by atoms with Crippen LogP contribution in [0.5, 0.6) is 0 Å². The minimum absolute atomic E-state index is 0.0940. The SMILES string of the molecule is CC(C)(C)OC(=O)N1CCC[C@](O)(c2cccc(C(F)(F)F)c2)C1. The summed E-state index contributed by atoms with van der Waals surface area (Å²) in [6, 6.07) is 4.62. The number of β-amino-alcohol motifs (C(OH)–C–C–N with tert-alkyl or cyclic N) is 1. The molecule has 1 aliphatic heterocycles. The standard InChI is InChI=1S/C17H22F3NO3/c1-15(2,3)24-14(22)21-9-5-8-16(23,11-21)12-6-4-7-13(10-12)17(18,19)20/h4,6-7,10,23H,5,8-9,11H2,1-3H3/t16-/m1/s1. The average Bonchev–Trinajstić information content (AvgIpc) is 2.45. The molecule has 1 aromatic rings. The highest BCUT2D eigenvalue weighted by atomic mass is 19.4. The lowest BCUT2D eigenvalue weighted by atomic mass is 9.85. The third kappa shape index (κ3) is 4.41. The highest BCUT2D eigenvalue weighted by molar-refractivity contribution is 5.68. The molecular weight excluding hydrogens is 323 g/mol. The number of carbonyl (C=O) groups is 1. The number of likely N-dealkylation sites (tertiary alicyclic amines) is 1. The first-order chi connectivity index (χ1) is 10.9. The van der Waals surface area contributed by atoms with Gasteiger partial charge in [0.15, 0.2) is 0 Å². The predicted molar refractivity (Wildman–Crippen MR) is 82.4 cm³/mol. The zero-order chi connectivity index (χ0) is 18.2. The van der Waals surface area contributed by atoms with Crippen molar-refractivity contribution >= 4 is 6.09 Å². The Kier molecular flexibility index (Phi) is 4.86. The van der Waals surface area contributed by atoms with Crippen LogP contribution >= 0.6 is 0 Å². The second-order valence-corrected chi connectivity index (χ2v) is 7.12. The van der Waals surface area contributed by atoms with Gasteiger partial charge in [0.2, 0.25) is 0 Å². The number of alkyl halides is 3. The van der Waals surface area contributed by atoms with Crippen molar-refractivity contribution in [2.45, 2.75) is 51.0 Å². The second-order valence-electron chi connectivity index (χ2n) is 7.12. The number of aliphatic hydroxyl groups is 1. The smallest absolute Gasteiger partial charge is 0.416 e. The molecule has 1 atom stereocenters. The summed E-state index contributed by atoms with van der Waals surface area (Å²) in [6.07, 6.45) is -4.29. The van der Waals surface area contributed by atoms with Crippen molar-refractivity contribution in [1.29, 1.82) is 0 Å². The molecule has 4 nitrogen and oxygen atoms in total. The largest absolute Gasteiger partial charge is 0.444 e. The van der Waals surface area contributed by atoms with E-state index in [1.54, 1.807) is 20.8 Å². The highest BCUT2D eigenvalue weighted by Crippen LogP contribution is 2.36. The van der Waals surface area contributed by atoms with Crippen LogP contribution in [0.4, 0.5) is 18.0 Å². The van der Waals surface area contributed by atoms with E-state index in [0.717, 1.165) is 12.1 Å². The van der Waals surface area contributed by atoms with Crippen molar-refractivity contribution in [2.75, 3.05) is 13.1 Å². The van der Waals surface area contributed by atoms with Crippen molar-refractivity contribution in [3.63, 3.8) is 0 Å². The normalized spacial score (nSPS) is 22.4. The van der Waals surface area contributed by atoms with E-state index in [2.05, 4.69) is 0 Å². The van der Waals surface area contributed by atoms with Gasteiger partial charge in [0, 0.05) is 6.54 Å². The van der Waals surface area contributed by atoms with E-state index in [1.807, 2.05) is 0 Å². The molecule has 1 N–H and O–H groups in total. The van der Waals surface area contributed by atoms with Crippen LogP contribution in [-0.4, -0.2) is 34.8 Å². The summed E-state index contributed by atoms with van der Waals surface area (Å²) >= 11 is 0. The summed E-state index contributed by atoms with van der Waals surface area (Å²) in [7, 11) is 0. The van der Waals surface area contributed by atoms with Gasteiger partial charge in [0.25, 0.3) is 0 Å². The van der Waals surface area contributed by atoms with Gasteiger partial charge in [-0.1, -0.05) is 12.1 Å². The maximum atomic E-state index is 12.9. The van der Waals surface area contributed by atoms with Crippen molar-refractivity contribution < 1.29 is 27.8 Å². The Hall–Kier alpha value is -1.76. The molecule has 0 saturated carbocycles. The molecule has 2 rings (SSSR count). The minimum atomic E-state index is -4.48. The lowest BCUT2D eigenvalue weighted by Crippen LogP contribution is -2.49. The summed E-state index contributed by atoms with van der Waals surface area (Å²) in [4.78, 5) is 13.5. The number of hydrogen-bond donors (Lipinski definition) is 1. The molecule has 1 aliphatic rings. The molecular formula is C17H22F3NO3. The van der Waals surface area contributed by atoms with Crippen molar-refractivity contribution in [1.82, 2.24) is 4.90 Å². The molecule has 0 bridgehead atoms. The summed E-state index contributed by atoms with van der Waals surface area (Å²) in [6.45, 7) is 5.49. The average molecular weight is 345 g/mol. The van der Waals surface area contributed by atoms with Crippen molar-refractivity contribution in [3.8, 4) is 0 Å². The lowest BCUT2D eigenvalue weighted by Gasteiger charge is -2.40. The zero-order valence-electron chi connectivity index (χ0n) is 14.0. The lowest BCUT2D eigenvalue weighted by molar-refractivity contribution is -0.137. The van der Waals surface area contributed by atoms with E-state index in [1.165, 1.54) is 17.0 Å². The monoisotopic (exact) mass is 345 g/mol. The number of benzene rings is 1. The third-order valence-corrected chi connectivity index (χ3v) is 3.85. The van der Waals surface area contributed by atoms with E-state index in [-0.39, 0.29) is 18.5 Å². The first kappa shape index (κ1) is 18.6. The second kappa shape index (κ2) is 6.27. The Morgan fingerprint density at radius 2 is 1.96 bits per heavy atom.